The zero-order valence-electron chi connectivity index (χ0n) is 5.92. The van der Waals surface area contributed by atoms with Crippen molar-refractivity contribution in [3.8, 4) is 0 Å². The van der Waals surface area contributed by atoms with Gasteiger partial charge in [0.15, 0.2) is 0 Å². The van der Waals surface area contributed by atoms with Crippen LogP contribution in [0, 0.1) is 0 Å². The maximum absolute atomic E-state index is 10.2. The van der Waals surface area contributed by atoms with Crippen molar-refractivity contribution in [2.24, 2.45) is 0 Å². The Bertz CT molecular complexity index is 151. The Kier molecular flexibility index (Phi) is 5.11. The third kappa shape index (κ3) is 2.92. The number of aliphatic hydroxyl groups excluding tert-OH is 3. The maximum atomic E-state index is 10.2. The van der Waals surface area contributed by atoms with Crippen LogP contribution in [0.5, 0.6) is 0 Å². The molecule has 0 aromatic rings. The molecule has 0 aliphatic carbocycles. The van der Waals surface area contributed by atoms with E-state index in [1.807, 2.05) is 0 Å². The molecule has 0 fully saturated rings. The van der Waals surface area contributed by atoms with E-state index in [1.54, 1.807) is 0 Å². The van der Waals surface area contributed by atoms with Gasteiger partial charge < -0.3 is 20.4 Å². The summed E-state index contributed by atoms with van der Waals surface area (Å²) in [6.07, 6.45) is -5.11. The highest BCUT2D eigenvalue weighted by molar-refractivity contribution is 6.08. The number of hydrogen-bond acceptors (Lipinski definition) is 5. The van der Waals surface area contributed by atoms with Crippen molar-refractivity contribution >= 4 is 17.8 Å². The normalized spacial score (nSPS) is 18.3. The summed E-state index contributed by atoms with van der Waals surface area (Å²) >= 11 is 4.72. The fourth-order valence-electron chi connectivity index (χ4n) is 0.547. The molecular weight excluding hydrogens is 192 g/mol. The SMILES string of the molecule is O=C(O)[C@H](OCl)[C@H](O)[C@H](O)CO. The van der Waals surface area contributed by atoms with E-state index in [2.05, 4.69) is 4.29 Å². The molecule has 0 aliphatic heterocycles. The van der Waals surface area contributed by atoms with Crippen molar-refractivity contribution in [3.05, 3.63) is 0 Å². The highest BCUT2D eigenvalue weighted by Crippen LogP contribution is 2.06. The Balaban J connectivity index is 4.20. The van der Waals surface area contributed by atoms with E-state index in [9.17, 15) is 4.79 Å². The molecule has 0 saturated heterocycles. The molecule has 0 radical (unpaired) electrons. The summed E-state index contributed by atoms with van der Waals surface area (Å²) in [6.45, 7) is -0.773. The van der Waals surface area contributed by atoms with E-state index in [0.717, 1.165) is 0 Å². The van der Waals surface area contributed by atoms with Gasteiger partial charge in [0.1, 0.15) is 12.2 Å². The first-order chi connectivity index (χ1) is 5.54. The van der Waals surface area contributed by atoms with Gasteiger partial charge in [-0.2, -0.15) is 0 Å². The molecule has 6 nitrogen and oxygen atoms in total. The van der Waals surface area contributed by atoms with E-state index in [1.165, 1.54) is 0 Å². The Morgan fingerprint density at radius 2 is 2.00 bits per heavy atom. The van der Waals surface area contributed by atoms with Gasteiger partial charge in [0.05, 0.1) is 18.5 Å². The highest BCUT2D eigenvalue weighted by atomic mass is 35.5. The van der Waals surface area contributed by atoms with Crippen LogP contribution in [0.25, 0.3) is 0 Å². The molecule has 0 heterocycles. The summed E-state index contributed by atoms with van der Waals surface area (Å²) in [6, 6.07) is 0. The van der Waals surface area contributed by atoms with Gasteiger partial charge in [-0.3, -0.25) is 4.29 Å². The van der Waals surface area contributed by atoms with E-state index >= 15 is 0 Å². The summed E-state index contributed by atoms with van der Waals surface area (Å²) in [5.74, 6) is -1.52. The minimum atomic E-state index is -1.76. The first-order valence-electron chi connectivity index (χ1n) is 3.01. The second-order valence-corrected chi connectivity index (χ2v) is 2.27. The lowest BCUT2D eigenvalue weighted by atomic mass is 10.1. The highest BCUT2D eigenvalue weighted by Gasteiger charge is 2.32. The molecule has 0 unspecified atom stereocenters. The number of rotatable bonds is 5. The van der Waals surface area contributed by atoms with E-state index in [0.29, 0.717) is 0 Å². The molecule has 72 valence electrons. The smallest absolute Gasteiger partial charge is 0.337 e. The van der Waals surface area contributed by atoms with Crippen molar-refractivity contribution < 1.29 is 29.5 Å². The third-order valence-corrected chi connectivity index (χ3v) is 1.42. The molecule has 0 aromatic carbocycles. The van der Waals surface area contributed by atoms with Crippen LogP contribution in [0.3, 0.4) is 0 Å². The topological polar surface area (TPSA) is 107 Å². The molecule has 0 saturated carbocycles. The van der Waals surface area contributed by atoms with Gasteiger partial charge in [-0.1, -0.05) is 0 Å². The van der Waals surface area contributed by atoms with Crippen LogP contribution in [0.2, 0.25) is 0 Å². The number of carboxylic acids is 1. The average molecular weight is 201 g/mol. The Morgan fingerprint density at radius 1 is 1.50 bits per heavy atom. The lowest BCUT2D eigenvalue weighted by Crippen LogP contribution is -2.44. The minimum Gasteiger partial charge on any atom is -0.479 e. The molecule has 0 amide bonds. The van der Waals surface area contributed by atoms with Gasteiger partial charge in [-0.25, -0.2) is 4.79 Å². The fourth-order valence-corrected chi connectivity index (χ4v) is 0.728. The largest absolute Gasteiger partial charge is 0.479 e. The second-order valence-electron chi connectivity index (χ2n) is 2.09. The molecule has 12 heavy (non-hydrogen) atoms. The molecular formula is C5H9ClO6. The number of carbonyl (C=O) groups is 1. The Morgan fingerprint density at radius 3 is 2.25 bits per heavy atom. The predicted octanol–water partition coefficient (Wildman–Crippen LogP) is -1.68. The average Bonchev–Trinajstić information content (AvgIpc) is 2.03. The van der Waals surface area contributed by atoms with Gasteiger partial charge in [0.2, 0.25) is 6.10 Å². The molecule has 0 aliphatic rings. The van der Waals surface area contributed by atoms with Crippen LogP contribution in [0.15, 0.2) is 0 Å². The number of hydrogen-bond donors (Lipinski definition) is 4. The third-order valence-electron chi connectivity index (χ3n) is 1.23. The maximum Gasteiger partial charge on any atom is 0.337 e. The van der Waals surface area contributed by atoms with Crippen LogP contribution in [-0.2, 0) is 9.08 Å². The molecule has 3 atom stereocenters. The zero-order chi connectivity index (χ0) is 9.72. The van der Waals surface area contributed by atoms with Crippen LogP contribution in [0.4, 0.5) is 0 Å². The van der Waals surface area contributed by atoms with Gasteiger partial charge in [-0.05, 0) is 0 Å². The number of aliphatic carboxylic acids is 1. The Hall–Kier alpha value is -0.400. The van der Waals surface area contributed by atoms with Crippen molar-refractivity contribution in [1.82, 2.24) is 0 Å². The lowest BCUT2D eigenvalue weighted by Gasteiger charge is -2.19. The predicted molar refractivity (Wildman–Crippen MR) is 37.5 cm³/mol. The van der Waals surface area contributed by atoms with E-state index in [4.69, 9.17) is 32.3 Å². The van der Waals surface area contributed by atoms with Crippen molar-refractivity contribution in [2.75, 3.05) is 6.61 Å². The molecule has 0 bridgehead atoms. The lowest BCUT2D eigenvalue weighted by molar-refractivity contribution is -0.156. The summed E-state index contributed by atoms with van der Waals surface area (Å²) in [7, 11) is 0. The first-order valence-corrected chi connectivity index (χ1v) is 3.32. The standard InChI is InChI=1S/C5H9ClO6/c6-12-4(5(10)11)3(9)2(8)1-7/h2-4,7-9H,1H2,(H,10,11)/t2-,3-,4-/m1/s1. The molecule has 0 rings (SSSR count). The van der Waals surface area contributed by atoms with Crippen molar-refractivity contribution in [3.63, 3.8) is 0 Å². The number of halogens is 1. The molecule has 0 aromatic heterocycles. The van der Waals surface area contributed by atoms with E-state index < -0.39 is 30.9 Å². The summed E-state index contributed by atoms with van der Waals surface area (Å²) in [5, 5.41) is 34.4. The first kappa shape index (κ1) is 11.6. The Labute approximate surface area is 73.1 Å². The van der Waals surface area contributed by atoms with Gasteiger partial charge in [-0.15, -0.1) is 0 Å². The van der Waals surface area contributed by atoms with Crippen molar-refractivity contribution in [2.45, 2.75) is 18.3 Å². The van der Waals surface area contributed by atoms with Gasteiger partial charge >= 0.3 is 5.97 Å². The van der Waals surface area contributed by atoms with Crippen LogP contribution >= 0.6 is 11.9 Å². The van der Waals surface area contributed by atoms with E-state index in [-0.39, 0.29) is 0 Å². The van der Waals surface area contributed by atoms with Crippen LogP contribution in [-0.4, -0.2) is 51.3 Å². The summed E-state index contributed by atoms with van der Waals surface area (Å²) in [5.41, 5.74) is 0. The molecule has 0 spiro atoms. The van der Waals surface area contributed by atoms with Gasteiger partial charge in [0.25, 0.3) is 0 Å². The number of carboxylic acid groups (broad SMARTS) is 1. The minimum absolute atomic E-state index is 0.773. The molecule has 7 heteroatoms. The fraction of sp³-hybridized carbons (Fsp3) is 0.800. The zero-order valence-corrected chi connectivity index (χ0v) is 6.68. The number of aliphatic hydroxyl groups is 3. The quantitative estimate of drug-likeness (QED) is 0.423. The monoisotopic (exact) mass is 200 g/mol. The summed E-state index contributed by atoms with van der Waals surface area (Å²) < 4.78 is 3.85. The van der Waals surface area contributed by atoms with Crippen LogP contribution in [0.1, 0.15) is 0 Å². The van der Waals surface area contributed by atoms with Crippen molar-refractivity contribution in [1.29, 1.82) is 0 Å². The molecule has 4 N–H and O–H groups in total. The van der Waals surface area contributed by atoms with Crippen LogP contribution < -0.4 is 0 Å². The second kappa shape index (κ2) is 5.28. The van der Waals surface area contributed by atoms with Gasteiger partial charge in [0, 0.05) is 0 Å². The summed E-state index contributed by atoms with van der Waals surface area (Å²) in [4.78, 5) is 10.2.